The van der Waals surface area contributed by atoms with Gasteiger partial charge >= 0.3 is 6.18 Å². The fourth-order valence-corrected chi connectivity index (χ4v) is 4.85. The summed E-state index contributed by atoms with van der Waals surface area (Å²) in [7, 11) is 1.39. The molecule has 0 aliphatic carbocycles. The maximum Gasteiger partial charge on any atom is 0.411 e. The van der Waals surface area contributed by atoms with Gasteiger partial charge in [-0.25, -0.2) is 0 Å². The number of para-hydroxylation sites is 1. The number of aromatic nitrogens is 2. The van der Waals surface area contributed by atoms with E-state index >= 15 is 0 Å². The summed E-state index contributed by atoms with van der Waals surface area (Å²) in [4.78, 5) is 25.8. The summed E-state index contributed by atoms with van der Waals surface area (Å²) in [6.45, 7) is 6.70. The van der Waals surface area contributed by atoms with Crippen LogP contribution in [-0.2, 0) is 18.2 Å². The minimum Gasteiger partial charge on any atom is -0.455 e. The Morgan fingerprint density at radius 3 is 2.25 bits per heavy atom. The smallest absolute Gasteiger partial charge is 0.411 e. The molecule has 0 atom stereocenters. The molecule has 7 nitrogen and oxygen atoms in total. The van der Waals surface area contributed by atoms with Crippen LogP contribution in [0.4, 0.5) is 13.2 Å². The quantitative estimate of drug-likeness (QED) is 0.278. The van der Waals surface area contributed by atoms with Gasteiger partial charge < -0.3 is 24.7 Å². The minimum atomic E-state index is -4.83. The van der Waals surface area contributed by atoms with Crippen molar-refractivity contribution in [1.29, 1.82) is 0 Å². The molecular weight excluding hydrogens is 547 g/mol. The van der Waals surface area contributed by atoms with Crippen LogP contribution >= 0.6 is 11.6 Å². The first-order chi connectivity index (χ1) is 18.4. The minimum absolute atomic E-state index is 0.0582. The molecule has 212 valence electrons. The van der Waals surface area contributed by atoms with Gasteiger partial charge in [0.05, 0.1) is 10.6 Å². The fraction of sp³-hybridized carbons (Fsp3) is 0.310. The van der Waals surface area contributed by atoms with E-state index < -0.39 is 34.5 Å². The second-order valence-electron chi connectivity index (χ2n) is 10.8. The van der Waals surface area contributed by atoms with Gasteiger partial charge in [0.15, 0.2) is 0 Å². The molecule has 0 saturated carbocycles. The van der Waals surface area contributed by atoms with Crippen LogP contribution in [0, 0.1) is 6.92 Å². The van der Waals surface area contributed by atoms with E-state index in [1.165, 1.54) is 19.3 Å². The predicted octanol–water partition coefficient (Wildman–Crippen LogP) is 6.38. The number of nitrogens with zero attached hydrogens (tertiary/aromatic N) is 2. The molecular formula is C29H29ClF3N3O4. The molecule has 4 aromatic rings. The molecule has 0 saturated heterocycles. The van der Waals surface area contributed by atoms with Crippen molar-refractivity contribution in [2.45, 2.75) is 51.9 Å². The molecule has 0 aliphatic rings. The van der Waals surface area contributed by atoms with E-state index in [-0.39, 0.29) is 22.2 Å². The van der Waals surface area contributed by atoms with Crippen molar-refractivity contribution < 1.29 is 27.8 Å². The molecule has 2 aromatic heterocycles. The van der Waals surface area contributed by atoms with Crippen LogP contribution < -0.4 is 16.0 Å². The molecule has 40 heavy (non-hydrogen) atoms. The topological polar surface area (TPSA) is 99.5 Å². The first-order valence-electron chi connectivity index (χ1n) is 12.3. The second kappa shape index (κ2) is 9.71. The number of hydrogen-bond acceptors (Lipinski definition) is 4. The van der Waals surface area contributed by atoms with Crippen LogP contribution in [0.3, 0.4) is 0 Å². The average molecular weight is 576 g/mol. The number of benzene rings is 2. The van der Waals surface area contributed by atoms with Crippen LogP contribution in [0.25, 0.3) is 22.0 Å². The van der Waals surface area contributed by atoms with Gasteiger partial charge in [0.2, 0.25) is 0 Å². The van der Waals surface area contributed by atoms with Crippen LogP contribution in [0.2, 0.25) is 5.02 Å². The Morgan fingerprint density at radius 1 is 1.05 bits per heavy atom. The van der Waals surface area contributed by atoms with Crippen molar-refractivity contribution >= 4 is 28.4 Å². The Balaban J connectivity index is 2.15. The van der Waals surface area contributed by atoms with Crippen LogP contribution in [0.1, 0.15) is 49.3 Å². The lowest BCUT2D eigenvalue weighted by molar-refractivity contribution is -0.201. The summed E-state index contributed by atoms with van der Waals surface area (Å²) in [6, 6.07) is 11.3. The molecule has 0 radical (unpaired) electrons. The van der Waals surface area contributed by atoms with Crippen molar-refractivity contribution in [2.75, 3.05) is 0 Å². The zero-order valence-corrected chi connectivity index (χ0v) is 23.5. The van der Waals surface area contributed by atoms with Gasteiger partial charge in [-0.05, 0) is 70.0 Å². The summed E-state index contributed by atoms with van der Waals surface area (Å²) < 4.78 is 50.8. The van der Waals surface area contributed by atoms with E-state index in [1.807, 2.05) is 0 Å². The summed E-state index contributed by atoms with van der Waals surface area (Å²) in [6.07, 6.45) is -3.39. The molecule has 2 aromatic carbocycles. The van der Waals surface area contributed by atoms with E-state index in [9.17, 15) is 27.9 Å². The number of hydrogen-bond donors (Lipinski definition) is 2. The maximum atomic E-state index is 14.2. The second-order valence-corrected chi connectivity index (χ2v) is 11.2. The number of carbonyl (C=O) groups excluding carboxylic acids is 1. The van der Waals surface area contributed by atoms with Crippen LogP contribution in [0.5, 0.6) is 11.5 Å². The van der Waals surface area contributed by atoms with Gasteiger partial charge in [0, 0.05) is 29.8 Å². The Hall–Kier alpha value is -3.76. The number of aryl methyl sites for hydroxylation is 2. The molecule has 0 bridgehead atoms. The highest BCUT2D eigenvalue weighted by molar-refractivity contribution is 6.32. The van der Waals surface area contributed by atoms with Gasteiger partial charge in [-0.15, -0.1) is 0 Å². The highest BCUT2D eigenvalue weighted by Crippen LogP contribution is 2.44. The predicted molar refractivity (Wildman–Crippen MR) is 148 cm³/mol. The standard InChI is InChI=1S/C29H29ClF3N3O4/c1-15-8-7-9-20(30)24(15)40-22-11-10-16(27(2,3)39)12-17(22)19-14-35(6)26(38)23-18(19)13-21(25(34)37)36(23)28(4,5)29(31,32)33/h7-14,39H,1-6H3,(H2,34,37). The first kappa shape index (κ1) is 29.2. The summed E-state index contributed by atoms with van der Waals surface area (Å²) in [5.41, 5.74) is 1.80. The third kappa shape index (κ3) is 4.86. The number of carbonyl (C=O) groups is 1. The van der Waals surface area contributed by atoms with Gasteiger partial charge in [0.25, 0.3) is 11.5 Å². The third-order valence-corrected chi connectivity index (χ3v) is 7.29. The number of primary amides is 1. The van der Waals surface area contributed by atoms with E-state index in [4.69, 9.17) is 22.1 Å². The van der Waals surface area contributed by atoms with Crippen molar-refractivity contribution in [1.82, 2.24) is 9.13 Å². The summed E-state index contributed by atoms with van der Waals surface area (Å²) in [5, 5.41) is 11.1. The molecule has 0 aliphatic heterocycles. The van der Waals surface area contributed by atoms with Crippen LogP contribution in [0.15, 0.2) is 53.5 Å². The number of aliphatic hydroxyl groups is 1. The van der Waals surface area contributed by atoms with E-state index in [2.05, 4.69) is 0 Å². The first-order valence-corrected chi connectivity index (χ1v) is 12.7. The molecule has 4 rings (SSSR count). The largest absolute Gasteiger partial charge is 0.455 e. The molecule has 2 heterocycles. The molecule has 0 unspecified atom stereocenters. The lowest BCUT2D eigenvalue weighted by atomic mass is 9.93. The number of rotatable bonds is 6. The van der Waals surface area contributed by atoms with Crippen molar-refractivity contribution in [2.24, 2.45) is 12.8 Å². The summed E-state index contributed by atoms with van der Waals surface area (Å²) >= 11 is 6.40. The zero-order chi connectivity index (χ0) is 29.9. The van der Waals surface area contributed by atoms with Crippen molar-refractivity contribution in [3.8, 4) is 22.6 Å². The van der Waals surface area contributed by atoms with Gasteiger partial charge in [-0.1, -0.05) is 29.8 Å². The number of nitrogens with two attached hydrogens (primary N) is 1. The van der Waals surface area contributed by atoms with Crippen molar-refractivity contribution in [3.63, 3.8) is 0 Å². The Morgan fingerprint density at radius 2 is 1.70 bits per heavy atom. The van der Waals surface area contributed by atoms with Gasteiger partial charge in [-0.3, -0.25) is 9.59 Å². The number of fused-ring (bicyclic) bond motifs is 1. The molecule has 11 heteroatoms. The third-order valence-electron chi connectivity index (χ3n) is 6.99. The highest BCUT2D eigenvalue weighted by Gasteiger charge is 2.51. The number of amides is 1. The van der Waals surface area contributed by atoms with Gasteiger partial charge in [-0.2, -0.15) is 13.2 Å². The number of ether oxygens (including phenoxy) is 1. The van der Waals surface area contributed by atoms with E-state index in [0.29, 0.717) is 26.5 Å². The SMILES string of the molecule is Cc1cccc(Cl)c1Oc1ccc(C(C)(C)O)cc1-c1cn(C)c(=O)c2c1cc(C(N)=O)n2C(C)(C)C(F)(F)F. The fourth-order valence-electron chi connectivity index (χ4n) is 4.58. The van der Waals surface area contributed by atoms with Crippen molar-refractivity contribution in [3.05, 3.63) is 80.9 Å². The maximum absolute atomic E-state index is 14.2. The van der Waals surface area contributed by atoms with E-state index in [1.54, 1.807) is 57.2 Å². The Labute approximate surface area is 233 Å². The molecule has 3 N–H and O–H groups in total. The van der Waals surface area contributed by atoms with Crippen LogP contribution in [-0.4, -0.2) is 26.3 Å². The normalized spacial score (nSPS) is 12.7. The average Bonchev–Trinajstić information content (AvgIpc) is 3.25. The number of alkyl halides is 3. The molecule has 0 fully saturated rings. The van der Waals surface area contributed by atoms with E-state index in [0.717, 1.165) is 24.0 Å². The lowest BCUT2D eigenvalue weighted by Gasteiger charge is -2.31. The Kier molecular flexibility index (Phi) is 7.09. The molecule has 0 spiro atoms. The Bertz CT molecular complexity index is 1690. The summed E-state index contributed by atoms with van der Waals surface area (Å²) in [5.74, 6) is -0.515. The lowest BCUT2D eigenvalue weighted by Crippen LogP contribution is -2.45. The molecule has 1 amide bonds. The highest BCUT2D eigenvalue weighted by atomic mass is 35.5. The van der Waals surface area contributed by atoms with Gasteiger partial charge in [0.1, 0.15) is 28.2 Å². The number of pyridine rings is 1. The monoisotopic (exact) mass is 575 g/mol. The number of halogens is 4. The zero-order valence-electron chi connectivity index (χ0n) is 22.8.